The van der Waals surface area contributed by atoms with Crippen molar-refractivity contribution in [3.05, 3.63) is 51.6 Å². The molecule has 0 amide bonds. The number of aryl methyl sites for hydroxylation is 1. The van der Waals surface area contributed by atoms with E-state index >= 15 is 4.39 Å². The highest BCUT2D eigenvalue weighted by Gasteiger charge is 2.39. The fourth-order valence-electron chi connectivity index (χ4n) is 4.05. The lowest BCUT2D eigenvalue weighted by molar-refractivity contribution is -0.137. The first kappa shape index (κ1) is 35.5. The van der Waals surface area contributed by atoms with E-state index < -0.39 is 51.6 Å². The van der Waals surface area contributed by atoms with Gasteiger partial charge in [0.25, 0.3) is 0 Å². The Labute approximate surface area is 238 Å². The van der Waals surface area contributed by atoms with Crippen LogP contribution in [0.3, 0.4) is 0 Å². The quantitative estimate of drug-likeness (QED) is 0.143. The molecule has 0 spiro atoms. The first-order valence-electron chi connectivity index (χ1n) is 13.6. The third-order valence-electron chi connectivity index (χ3n) is 5.96. The summed E-state index contributed by atoms with van der Waals surface area (Å²) in [5.74, 6) is -1.93. The number of nitrogens with one attached hydrogen (secondary N) is 2. The second-order valence-electron chi connectivity index (χ2n) is 9.07. The number of nitrogen functional groups attached to an aromatic ring is 1. The maximum absolute atomic E-state index is 16.0. The lowest BCUT2D eigenvalue weighted by Crippen LogP contribution is -2.27. The number of benzene rings is 1. The van der Waals surface area contributed by atoms with Gasteiger partial charge in [-0.15, -0.1) is 0 Å². The van der Waals surface area contributed by atoms with E-state index in [9.17, 15) is 22.4 Å². The first-order valence-corrected chi connectivity index (χ1v) is 13.6. The second kappa shape index (κ2) is 15.5. The number of nitrogens with zero attached hydrogens (tertiary/aromatic N) is 3. The largest absolute Gasteiger partial charge is 0.417 e. The Bertz CT molecular complexity index is 1400. The third kappa shape index (κ3) is 8.02. The van der Waals surface area contributed by atoms with Gasteiger partial charge in [-0.2, -0.15) is 18.2 Å². The standard InChI is InChI=1S/C25H29F5N6O.2C2H6/c1-6-16-17-22(36(5)24(37)35-23(17)33-10-9-32-8-7-12(2)3)20(27)21(34-16)14-11-15(31)19(26)13(4)18(14)25(28,29)30;2*1-2/h6,11-12,32H,1,7-10,31H2,2-5H3,(H,33,35,37);2*1-2H3. The van der Waals surface area contributed by atoms with Crippen LogP contribution in [0.1, 0.15) is 64.8 Å². The van der Waals surface area contributed by atoms with Gasteiger partial charge >= 0.3 is 11.9 Å². The molecule has 3 rings (SSSR count). The summed E-state index contributed by atoms with van der Waals surface area (Å²) in [5.41, 5.74) is 0.119. The molecule has 0 radical (unpaired) electrons. The molecule has 0 aliphatic carbocycles. The Balaban J connectivity index is 0.00000201. The van der Waals surface area contributed by atoms with Gasteiger partial charge in [0.15, 0.2) is 5.82 Å². The van der Waals surface area contributed by atoms with Gasteiger partial charge in [0.2, 0.25) is 0 Å². The van der Waals surface area contributed by atoms with E-state index in [0.717, 1.165) is 24.5 Å². The molecule has 0 saturated carbocycles. The maximum Gasteiger partial charge on any atom is 0.417 e. The van der Waals surface area contributed by atoms with Crippen molar-refractivity contribution in [2.75, 3.05) is 30.7 Å². The van der Waals surface area contributed by atoms with E-state index in [2.05, 4.69) is 41.0 Å². The van der Waals surface area contributed by atoms with Crippen LogP contribution in [0.5, 0.6) is 0 Å². The molecule has 0 aliphatic rings. The number of hydrogen-bond acceptors (Lipinski definition) is 6. The van der Waals surface area contributed by atoms with Crippen LogP contribution in [-0.4, -0.2) is 34.2 Å². The minimum Gasteiger partial charge on any atom is -0.396 e. The number of aromatic nitrogens is 3. The van der Waals surface area contributed by atoms with Crippen molar-refractivity contribution in [2.24, 2.45) is 13.0 Å². The number of anilines is 2. The lowest BCUT2D eigenvalue weighted by Gasteiger charge is -2.20. The van der Waals surface area contributed by atoms with Crippen molar-refractivity contribution in [3.8, 4) is 11.3 Å². The van der Waals surface area contributed by atoms with Gasteiger partial charge in [-0.25, -0.2) is 18.6 Å². The number of pyridine rings is 1. The zero-order valence-corrected chi connectivity index (χ0v) is 25.0. The van der Waals surface area contributed by atoms with E-state index in [1.165, 1.54) is 13.1 Å². The van der Waals surface area contributed by atoms with Crippen molar-refractivity contribution in [1.29, 1.82) is 0 Å². The van der Waals surface area contributed by atoms with Gasteiger partial charge in [-0.05, 0) is 43.5 Å². The van der Waals surface area contributed by atoms with Gasteiger partial charge in [-0.1, -0.05) is 48.1 Å². The number of halogens is 5. The normalized spacial score (nSPS) is 11.1. The SMILES string of the molecule is C=Cc1nc(-c2cc(N)c(F)c(C)c2C(F)(F)F)c(F)c2c1c(NCCNCCC(C)C)nc(=O)n2C.CC.CC. The highest BCUT2D eigenvalue weighted by Crippen LogP contribution is 2.43. The molecule has 1 aromatic carbocycles. The van der Waals surface area contributed by atoms with Gasteiger partial charge in [-0.3, -0.25) is 4.57 Å². The molecule has 0 atom stereocenters. The molecule has 2 heterocycles. The molecule has 0 saturated heterocycles. The molecule has 4 N–H and O–H groups in total. The lowest BCUT2D eigenvalue weighted by atomic mass is 9.95. The zero-order chi connectivity index (χ0) is 31.7. The molecule has 0 fully saturated rings. The number of nitrogens with two attached hydrogens (primary N) is 1. The number of fused-ring (bicyclic) bond motifs is 1. The summed E-state index contributed by atoms with van der Waals surface area (Å²) >= 11 is 0. The Morgan fingerprint density at radius 1 is 1.07 bits per heavy atom. The molecule has 228 valence electrons. The van der Waals surface area contributed by atoms with Gasteiger partial charge < -0.3 is 16.4 Å². The van der Waals surface area contributed by atoms with Crippen LogP contribution < -0.4 is 22.1 Å². The average Bonchev–Trinajstić information content (AvgIpc) is 2.92. The van der Waals surface area contributed by atoms with Crippen LogP contribution in [0.4, 0.5) is 33.5 Å². The van der Waals surface area contributed by atoms with Crippen LogP contribution in [-0.2, 0) is 13.2 Å². The minimum atomic E-state index is -5.04. The summed E-state index contributed by atoms with van der Waals surface area (Å²) in [6.07, 6.45) is -2.85. The molecule has 0 unspecified atom stereocenters. The summed E-state index contributed by atoms with van der Waals surface area (Å²) < 4.78 is 73.0. The molecule has 2 aromatic heterocycles. The predicted octanol–water partition coefficient (Wildman–Crippen LogP) is 6.93. The van der Waals surface area contributed by atoms with E-state index in [0.29, 0.717) is 25.1 Å². The number of hydrogen-bond donors (Lipinski definition) is 3. The topological polar surface area (TPSA) is 97.9 Å². The van der Waals surface area contributed by atoms with Crippen molar-refractivity contribution in [1.82, 2.24) is 19.9 Å². The monoisotopic (exact) mass is 584 g/mol. The molecule has 7 nitrogen and oxygen atoms in total. The summed E-state index contributed by atoms with van der Waals surface area (Å²) in [6.45, 7) is 18.4. The second-order valence-corrected chi connectivity index (χ2v) is 9.07. The van der Waals surface area contributed by atoms with Crippen LogP contribution >= 0.6 is 0 Å². The Morgan fingerprint density at radius 2 is 1.68 bits per heavy atom. The molecule has 12 heteroatoms. The van der Waals surface area contributed by atoms with Gasteiger partial charge in [0.1, 0.15) is 17.3 Å². The zero-order valence-electron chi connectivity index (χ0n) is 25.0. The number of rotatable bonds is 9. The highest BCUT2D eigenvalue weighted by atomic mass is 19.4. The van der Waals surface area contributed by atoms with Crippen molar-refractivity contribution < 1.29 is 22.0 Å². The van der Waals surface area contributed by atoms with E-state index in [1.54, 1.807) is 0 Å². The van der Waals surface area contributed by atoms with Crippen LogP contribution in [0, 0.1) is 24.5 Å². The highest BCUT2D eigenvalue weighted by molar-refractivity contribution is 5.97. The smallest absolute Gasteiger partial charge is 0.396 e. The Morgan fingerprint density at radius 3 is 2.22 bits per heavy atom. The molecule has 3 aromatic rings. The van der Waals surface area contributed by atoms with Gasteiger partial charge in [0, 0.05) is 25.7 Å². The predicted molar refractivity (Wildman–Crippen MR) is 158 cm³/mol. The first-order chi connectivity index (χ1) is 19.3. The average molecular weight is 585 g/mol. The molecule has 41 heavy (non-hydrogen) atoms. The Kier molecular flexibility index (Phi) is 13.4. The fraction of sp³-hybridized carbons (Fsp3) is 0.483. The molecule has 0 aliphatic heterocycles. The van der Waals surface area contributed by atoms with Crippen LogP contribution in [0.2, 0.25) is 0 Å². The fourth-order valence-corrected chi connectivity index (χ4v) is 4.05. The van der Waals surface area contributed by atoms with Crippen LogP contribution in [0.15, 0.2) is 17.4 Å². The summed E-state index contributed by atoms with van der Waals surface area (Å²) in [6, 6.07) is 0.691. The third-order valence-corrected chi connectivity index (χ3v) is 5.96. The van der Waals surface area contributed by atoms with Gasteiger partial charge in [0.05, 0.1) is 27.8 Å². The van der Waals surface area contributed by atoms with Crippen molar-refractivity contribution in [3.63, 3.8) is 0 Å². The van der Waals surface area contributed by atoms with Crippen LogP contribution in [0.25, 0.3) is 28.2 Å². The molecular weight excluding hydrogens is 543 g/mol. The summed E-state index contributed by atoms with van der Waals surface area (Å²) in [4.78, 5) is 20.6. The van der Waals surface area contributed by atoms with E-state index in [4.69, 9.17) is 5.73 Å². The number of alkyl halides is 3. The van der Waals surface area contributed by atoms with E-state index in [-0.39, 0.29) is 22.4 Å². The maximum atomic E-state index is 16.0. The molecule has 0 bridgehead atoms. The summed E-state index contributed by atoms with van der Waals surface area (Å²) in [7, 11) is 1.24. The summed E-state index contributed by atoms with van der Waals surface area (Å²) in [5, 5.41) is 6.28. The minimum absolute atomic E-state index is 0.0153. The van der Waals surface area contributed by atoms with E-state index in [1.807, 2.05) is 27.7 Å². The molecular formula is C29H41F5N6O. The van der Waals surface area contributed by atoms with Crippen molar-refractivity contribution >= 4 is 28.5 Å². The van der Waals surface area contributed by atoms with Crippen molar-refractivity contribution in [2.45, 2.75) is 61.1 Å². The Hall–Kier alpha value is -3.54.